The summed E-state index contributed by atoms with van der Waals surface area (Å²) >= 11 is 0. The molecule has 1 aromatic rings. The number of aryl methyl sites for hydroxylation is 1. The van der Waals surface area contributed by atoms with Gasteiger partial charge >= 0.3 is 0 Å². The number of fused-ring (bicyclic) bond motifs is 1. The summed E-state index contributed by atoms with van der Waals surface area (Å²) in [6.07, 6.45) is 5.14. The van der Waals surface area contributed by atoms with E-state index in [1.54, 1.807) is 37.2 Å². The molecular formula is C18H26N2O4S. The molecule has 0 N–H and O–H groups in total. The third-order valence-electron chi connectivity index (χ3n) is 5.14. The van der Waals surface area contributed by atoms with Gasteiger partial charge in [-0.1, -0.05) is 0 Å². The lowest BCUT2D eigenvalue weighted by atomic mass is 10.0. The number of hydrogen-bond acceptors (Lipinski definition) is 4. The molecule has 7 heteroatoms. The number of rotatable bonds is 5. The van der Waals surface area contributed by atoms with Crippen LogP contribution in [-0.2, 0) is 26.0 Å². The third-order valence-corrected chi connectivity index (χ3v) is 7.00. The van der Waals surface area contributed by atoms with Crippen LogP contribution >= 0.6 is 0 Å². The molecule has 2 heterocycles. The minimum atomic E-state index is -3.53. The van der Waals surface area contributed by atoms with Crippen LogP contribution in [0.15, 0.2) is 23.1 Å². The van der Waals surface area contributed by atoms with Gasteiger partial charge in [0.05, 0.1) is 11.0 Å². The van der Waals surface area contributed by atoms with E-state index >= 15 is 0 Å². The molecule has 25 heavy (non-hydrogen) atoms. The van der Waals surface area contributed by atoms with Crippen molar-refractivity contribution in [1.82, 2.24) is 4.31 Å². The lowest BCUT2D eigenvalue weighted by Crippen LogP contribution is -2.33. The second-order valence-electron chi connectivity index (χ2n) is 6.85. The predicted molar refractivity (Wildman–Crippen MR) is 96.2 cm³/mol. The Hall–Kier alpha value is -1.44. The van der Waals surface area contributed by atoms with Crippen molar-refractivity contribution in [2.24, 2.45) is 0 Å². The molecule has 1 saturated heterocycles. The zero-order valence-electron chi connectivity index (χ0n) is 14.9. The van der Waals surface area contributed by atoms with Crippen molar-refractivity contribution in [2.75, 3.05) is 32.1 Å². The zero-order chi connectivity index (χ0) is 18.0. The number of ether oxygens (including phenoxy) is 1. The van der Waals surface area contributed by atoms with Gasteiger partial charge in [0.2, 0.25) is 15.9 Å². The summed E-state index contributed by atoms with van der Waals surface area (Å²) in [6.45, 7) is 1.22. The largest absolute Gasteiger partial charge is 0.378 e. The van der Waals surface area contributed by atoms with Crippen molar-refractivity contribution in [3.63, 3.8) is 0 Å². The minimum Gasteiger partial charge on any atom is -0.378 e. The number of sulfonamides is 1. The average Bonchev–Trinajstić information content (AvgIpc) is 2.63. The van der Waals surface area contributed by atoms with Crippen LogP contribution in [0.4, 0.5) is 5.69 Å². The fourth-order valence-electron chi connectivity index (χ4n) is 3.45. The monoisotopic (exact) mass is 366 g/mol. The molecule has 1 amide bonds. The summed E-state index contributed by atoms with van der Waals surface area (Å²) in [5, 5.41) is 0. The molecule has 2 aliphatic heterocycles. The number of amides is 1. The Labute approximate surface area is 149 Å². The summed E-state index contributed by atoms with van der Waals surface area (Å²) < 4.78 is 32.8. The summed E-state index contributed by atoms with van der Waals surface area (Å²) in [6, 6.07) is 5.04. The highest BCUT2D eigenvalue weighted by atomic mass is 32.2. The molecule has 0 saturated carbocycles. The third kappa shape index (κ3) is 3.88. The Kier molecular flexibility index (Phi) is 5.46. The van der Waals surface area contributed by atoms with Crippen molar-refractivity contribution in [1.29, 1.82) is 0 Å². The van der Waals surface area contributed by atoms with Gasteiger partial charge in [0.15, 0.2) is 0 Å². The fourth-order valence-corrected chi connectivity index (χ4v) is 4.69. The Bertz CT molecular complexity index is 741. The maximum Gasteiger partial charge on any atom is 0.242 e. The number of anilines is 1. The van der Waals surface area contributed by atoms with E-state index in [1.807, 2.05) is 0 Å². The molecule has 0 aromatic heterocycles. The molecule has 1 aromatic carbocycles. The second-order valence-corrected chi connectivity index (χ2v) is 8.89. The molecule has 1 unspecified atom stereocenters. The maximum atomic E-state index is 12.8. The molecular weight excluding hydrogens is 340 g/mol. The van der Waals surface area contributed by atoms with E-state index in [2.05, 4.69) is 0 Å². The number of benzene rings is 1. The van der Waals surface area contributed by atoms with Gasteiger partial charge in [-0.3, -0.25) is 4.79 Å². The van der Waals surface area contributed by atoms with E-state index < -0.39 is 10.0 Å². The van der Waals surface area contributed by atoms with E-state index in [9.17, 15) is 13.2 Å². The van der Waals surface area contributed by atoms with E-state index in [1.165, 1.54) is 4.31 Å². The molecule has 3 rings (SSSR count). The highest BCUT2D eigenvalue weighted by molar-refractivity contribution is 7.89. The van der Waals surface area contributed by atoms with Crippen molar-refractivity contribution in [2.45, 2.75) is 49.5 Å². The van der Waals surface area contributed by atoms with Gasteiger partial charge in [0.1, 0.15) is 0 Å². The quantitative estimate of drug-likeness (QED) is 0.801. The summed E-state index contributed by atoms with van der Waals surface area (Å²) in [4.78, 5) is 13.7. The number of nitrogens with zero attached hydrogens (tertiary/aromatic N) is 2. The molecule has 0 bridgehead atoms. The van der Waals surface area contributed by atoms with Gasteiger partial charge in [-0.05, 0) is 55.9 Å². The normalized spacial score (nSPS) is 21.5. The molecule has 0 radical (unpaired) electrons. The standard InChI is InChI=1S/C18H26N2O4S/c1-19(11-10-15-5-3-4-12-24-15)25(22,23)16-7-8-17-14(13-16)6-9-18(21)20(17)2/h7-8,13,15H,3-6,9-12H2,1-2H3. The van der Waals surface area contributed by atoms with E-state index in [0.29, 0.717) is 24.3 Å². The molecule has 6 nitrogen and oxygen atoms in total. The lowest BCUT2D eigenvalue weighted by molar-refractivity contribution is -0.118. The van der Waals surface area contributed by atoms with Crippen molar-refractivity contribution in [3.05, 3.63) is 23.8 Å². The summed E-state index contributed by atoms with van der Waals surface area (Å²) in [5.41, 5.74) is 1.71. The Morgan fingerprint density at radius 3 is 2.80 bits per heavy atom. The van der Waals surface area contributed by atoms with Crippen LogP contribution in [0.2, 0.25) is 0 Å². The topological polar surface area (TPSA) is 66.9 Å². The first-order valence-electron chi connectivity index (χ1n) is 8.87. The van der Waals surface area contributed by atoms with Crippen LogP contribution in [0.5, 0.6) is 0 Å². The SMILES string of the molecule is CN1C(=O)CCc2cc(S(=O)(=O)N(C)CCC3CCCCO3)ccc21. The lowest BCUT2D eigenvalue weighted by Gasteiger charge is -2.27. The second kappa shape index (κ2) is 7.43. The van der Waals surface area contributed by atoms with Crippen molar-refractivity contribution >= 4 is 21.6 Å². The highest BCUT2D eigenvalue weighted by Crippen LogP contribution is 2.30. The van der Waals surface area contributed by atoms with Crippen molar-refractivity contribution in [3.8, 4) is 0 Å². The van der Waals surface area contributed by atoms with E-state index in [-0.39, 0.29) is 12.0 Å². The number of hydrogen-bond donors (Lipinski definition) is 0. The van der Waals surface area contributed by atoms with Crippen LogP contribution in [0.1, 0.15) is 37.7 Å². The van der Waals surface area contributed by atoms with Crippen LogP contribution in [-0.4, -0.2) is 52.0 Å². The fraction of sp³-hybridized carbons (Fsp3) is 0.611. The number of carbonyl (C=O) groups is 1. The van der Waals surface area contributed by atoms with Crippen LogP contribution in [0.25, 0.3) is 0 Å². The van der Waals surface area contributed by atoms with Gasteiger partial charge in [0, 0.05) is 39.4 Å². The molecule has 1 atom stereocenters. The minimum absolute atomic E-state index is 0.0627. The molecule has 0 aliphatic carbocycles. The first-order valence-corrected chi connectivity index (χ1v) is 10.3. The smallest absolute Gasteiger partial charge is 0.242 e. The van der Waals surface area contributed by atoms with Crippen LogP contribution in [0, 0.1) is 0 Å². The van der Waals surface area contributed by atoms with Gasteiger partial charge in [0.25, 0.3) is 0 Å². The van der Waals surface area contributed by atoms with Gasteiger partial charge in [-0.15, -0.1) is 0 Å². The van der Waals surface area contributed by atoms with Crippen LogP contribution in [0.3, 0.4) is 0 Å². The van der Waals surface area contributed by atoms with Gasteiger partial charge in [-0.2, -0.15) is 0 Å². The molecule has 2 aliphatic rings. The molecule has 138 valence electrons. The Morgan fingerprint density at radius 1 is 1.28 bits per heavy atom. The van der Waals surface area contributed by atoms with E-state index in [4.69, 9.17) is 4.74 Å². The average molecular weight is 366 g/mol. The summed E-state index contributed by atoms with van der Waals surface area (Å²) in [5.74, 6) is 0.0627. The summed E-state index contributed by atoms with van der Waals surface area (Å²) in [7, 11) is -0.185. The zero-order valence-corrected chi connectivity index (χ0v) is 15.7. The highest BCUT2D eigenvalue weighted by Gasteiger charge is 2.26. The van der Waals surface area contributed by atoms with Gasteiger partial charge in [-0.25, -0.2) is 12.7 Å². The molecule has 1 fully saturated rings. The Balaban J connectivity index is 1.72. The molecule has 0 spiro atoms. The first-order chi connectivity index (χ1) is 11.9. The predicted octanol–water partition coefficient (Wildman–Crippen LogP) is 2.18. The number of carbonyl (C=O) groups excluding carboxylic acids is 1. The van der Waals surface area contributed by atoms with Crippen molar-refractivity contribution < 1.29 is 17.9 Å². The van der Waals surface area contributed by atoms with Gasteiger partial charge < -0.3 is 9.64 Å². The van der Waals surface area contributed by atoms with E-state index in [0.717, 1.165) is 43.5 Å². The van der Waals surface area contributed by atoms with Crippen LogP contribution < -0.4 is 4.90 Å². The maximum absolute atomic E-state index is 12.8. The Morgan fingerprint density at radius 2 is 2.08 bits per heavy atom. The first kappa shape index (κ1) is 18.4.